The van der Waals surface area contributed by atoms with E-state index in [1.807, 2.05) is 19.1 Å². The van der Waals surface area contributed by atoms with Gasteiger partial charge in [-0.05, 0) is 37.1 Å². The van der Waals surface area contributed by atoms with Gasteiger partial charge >= 0.3 is 0 Å². The minimum atomic E-state index is -0.496. The summed E-state index contributed by atoms with van der Waals surface area (Å²) in [6.07, 6.45) is 4.12. The molecule has 1 aromatic heterocycles. The number of nitrogens with zero attached hydrogens (tertiary/aromatic N) is 1. The Bertz CT molecular complexity index is 570. The van der Waals surface area contributed by atoms with Gasteiger partial charge in [-0.3, -0.25) is 9.78 Å². The van der Waals surface area contributed by atoms with Crippen LogP contribution in [0.15, 0.2) is 42.7 Å². The zero-order valence-electron chi connectivity index (χ0n) is 10.7. The molecule has 0 saturated carbocycles. The highest BCUT2D eigenvalue weighted by Crippen LogP contribution is 2.09. The number of halogens is 1. The van der Waals surface area contributed by atoms with Gasteiger partial charge in [0.05, 0.1) is 5.56 Å². The third-order valence-electron chi connectivity index (χ3n) is 2.79. The Labute approximate surface area is 111 Å². The average Bonchev–Trinajstić information content (AvgIpc) is 2.42. The molecular weight excluding hydrogens is 243 g/mol. The first-order valence-corrected chi connectivity index (χ1v) is 6.10. The second kappa shape index (κ2) is 6.09. The standard InChI is InChI=1S/C15H15FN2O/c1-11-4-5-14(16)13(9-11)15(19)18-8-6-12-3-2-7-17-10-12/h2-5,7,9-10H,6,8H2,1H3,(H,18,19). The van der Waals surface area contributed by atoms with E-state index in [9.17, 15) is 9.18 Å². The van der Waals surface area contributed by atoms with E-state index >= 15 is 0 Å². The normalized spacial score (nSPS) is 10.2. The molecule has 1 aromatic carbocycles. The molecular formula is C15H15FN2O. The molecule has 1 heterocycles. The molecule has 3 nitrogen and oxygen atoms in total. The average molecular weight is 258 g/mol. The van der Waals surface area contributed by atoms with E-state index in [1.165, 1.54) is 6.07 Å². The Morgan fingerprint density at radius 2 is 2.21 bits per heavy atom. The van der Waals surface area contributed by atoms with Crippen LogP contribution in [0, 0.1) is 12.7 Å². The summed E-state index contributed by atoms with van der Waals surface area (Å²) in [7, 11) is 0. The van der Waals surface area contributed by atoms with Crippen molar-refractivity contribution in [3.63, 3.8) is 0 Å². The Balaban J connectivity index is 1.93. The van der Waals surface area contributed by atoms with Crippen LogP contribution in [0.2, 0.25) is 0 Å². The van der Waals surface area contributed by atoms with Gasteiger partial charge in [-0.2, -0.15) is 0 Å². The molecule has 0 aliphatic heterocycles. The number of nitrogens with one attached hydrogen (secondary N) is 1. The number of amides is 1. The lowest BCUT2D eigenvalue weighted by Crippen LogP contribution is -2.26. The van der Waals surface area contributed by atoms with Crippen LogP contribution in [-0.2, 0) is 6.42 Å². The highest BCUT2D eigenvalue weighted by atomic mass is 19.1. The zero-order valence-corrected chi connectivity index (χ0v) is 10.7. The van der Waals surface area contributed by atoms with E-state index in [0.717, 1.165) is 11.1 Å². The second-order valence-electron chi connectivity index (χ2n) is 4.35. The predicted octanol–water partition coefficient (Wildman–Crippen LogP) is 2.50. The van der Waals surface area contributed by atoms with Gasteiger partial charge in [-0.15, -0.1) is 0 Å². The summed E-state index contributed by atoms with van der Waals surface area (Å²) in [4.78, 5) is 15.8. The van der Waals surface area contributed by atoms with Crippen LogP contribution in [0.5, 0.6) is 0 Å². The fraction of sp³-hybridized carbons (Fsp3) is 0.200. The number of carbonyl (C=O) groups is 1. The monoisotopic (exact) mass is 258 g/mol. The maximum atomic E-state index is 13.5. The van der Waals surface area contributed by atoms with Gasteiger partial charge in [-0.25, -0.2) is 4.39 Å². The van der Waals surface area contributed by atoms with Crippen molar-refractivity contribution in [3.05, 3.63) is 65.2 Å². The summed E-state index contributed by atoms with van der Waals surface area (Å²) in [6, 6.07) is 8.28. The van der Waals surface area contributed by atoms with Gasteiger partial charge in [0.1, 0.15) is 5.82 Å². The Kier molecular flexibility index (Phi) is 4.23. The maximum Gasteiger partial charge on any atom is 0.254 e. The van der Waals surface area contributed by atoms with Crippen LogP contribution in [0.25, 0.3) is 0 Å². The molecule has 0 saturated heterocycles. The molecule has 0 aliphatic rings. The van der Waals surface area contributed by atoms with Crippen molar-refractivity contribution in [1.29, 1.82) is 0 Å². The van der Waals surface area contributed by atoms with Crippen molar-refractivity contribution < 1.29 is 9.18 Å². The molecule has 4 heteroatoms. The molecule has 1 amide bonds. The molecule has 0 bridgehead atoms. The molecule has 0 atom stereocenters. The van der Waals surface area contributed by atoms with Gasteiger partial charge < -0.3 is 5.32 Å². The summed E-state index contributed by atoms with van der Waals surface area (Å²) < 4.78 is 13.5. The lowest BCUT2D eigenvalue weighted by molar-refractivity contribution is 0.0950. The zero-order chi connectivity index (χ0) is 13.7. The van der Waals surface area contributed by atoms with Gasteiger partial charge in [0.2, 0.25) is 0 Å². The lowest BCUT2D eigenvalue weighted by atomic mass is 10.1. The number of pyridine rings is 1. The molecule has 0 unspecified atom stereocenters. The Hall–Kier alpha value is -2.23. The fourth-order valence-electron chi connectivity index (χ4n) is 1.77. The van der Waals surface area contributed by atoms with Crippen molar-refractivity contribution in [2.75, 3.05) is 6.54 Å². The Morgan fingerprint density at radius 3 is 2.95 bits per heavy atom. The summed E-state index contributed by atoms with van der Waals surface area (Å²) in [5, 5.41) is 2.71. The molecule has 1 N–H and O–H groups in total. The minimum absolute atomic E-state index is 0.0891. The largest absolute Gasteiger partial charge is 0.352 e. The maximum absolute atomic E-state index is 13.5. The third kappa shape index (κ3) is 3.61. The first-order valence-electron chi connectivity index (χ1n) is 6.10. The molecule has 19 heavy (non-hydrogen) atoms. The predicted molar refractivity (Wildman–Crippen MR) is 71.4 cm³/mol. The van der Waals surface area contributed by atoms with E-state index in [4.69, 9.17) is 0 Å². The van der Waals surface area contributed by atoms with Crippen molar-refractivity contribution in [1.82, 2.24) is 10.3 Å². The summed E-state index contributed by atoms with van der Waals surface area (Å²) >= 11 is 0. The van der Waals surface area contributed by atoms with Crippen molar-refractivity contribution in [3.8, 4) is 0 Å². The van der Waals surface area contributed by atoms with Crippen LogP contribution in [0.1, 0.15) is 21.5 Å². The highest BCUT2D eigenvalue weighted by Gasteiger charge is 2.10. The van der Waals surface area contributed by atoms with Crippen LogP contribution in [0.4, 0.5) is 4.39 Å². The lowest BCUT2D eigenvalue weighted by Gasteiger charge is -2.07. The van der Waals surface area contributed by atoms with Gasteiger partial charge in [-0.1, -0.05) is 17.7 Å². The van der Waals surface area contributed by atoms with Gasteiger partial charge in [0.15, 0.2) is 0 Å². The van der Waals surface area contributed by atoms with E-state index in [1.54, 1.807) is 24.5 Å². The summed E-state index contributed by atoms with van der Waals surface area (Å²) in [5.41, 5.74) is 1.98. The van der Waals surface area contributed by atoms with E-state index in [2.05, 4.69) is 10.3 Å². The quantitative estimate of drug-likeness (QED) is 0.915. The minimum Gasteiger partial charge on any atom is -0.352 e. The van der Waals surface area contributed by atoms with Gasteiger partial charge in [0.25, 0.3) is 5.91 Å². The van der Waals surface area contributed by atoms with Crippen molar-refractivity contribution in [2.45, 2.75) is 13.3 Å². The SMILES string of the molecule is Cc1ccc(F)c(C(=O)NCCc2cccnc2)c1. The van der Waals surface area contributed by atoms with E-state index in [-0.39, 0.29) is 11.5 Å². The number of aryl methyl sites for hydroxylation is 1. The van der Waals surface area contributed by atoms with Crippen molar-refractivity contribution in [2.24, 2.45) is 0 Å². The van der Waals surface area contributed by atoms with Crippen LogP contribution >= 0.6 is 0 Å². The van der Waals surface area contributed by atoms with E-state index in [0.29, 0.717) is 13.0 Å². The molecule has 98 valence electrons. The summed E-state index contributed by atoms with van der Waals surface area (Å²) in [6.45, 7) is 2.28. The molecule has 0 radical (unpaired) electrons. The van der Waals surface area contributed by atoms with Crippen LogP contribution in [-0.4, -0.2) is 17.4 Å². The number of carbonyl (C=O) groups excluding carboxylic acids is 1. The van der Waals surface area contributed by atoms with Crippen LogP contribution < -0.4 is 5.32 Å². The number of hydrogen-bond donors (Lipinski definition) is 1. The third-order valence-corrected chi connectivity index (χ3v) is 2.79. The molecule has 2 aromatic rings. The van der Waals surface area contributed by atoms with Crippen molar-refractivity contribution >= 4 is 5.91 Å². The molecule has 2 rings (SSSR count). The first kappa shape index (κ1) is 13.2. The van der Waals surface area contributed by atoms with Crippen LogP contribution in [0.3, 0.4) is 0 Å². The highest BCUT2D eigenvalue weighted by molar-refractivity contribution is 5.94. The number of benzene rings is 1. The number of aromatic nitrogens is 1. The van der Waals surface area contributed by atoms with Gasteiger partial charge in [0, 0.05) is 18.9 Å². The smallest absolute Gasteiger partial charge is 0.254 e. The topological polar surface area (TPSA) is 42.0 Å². The van der Waals surface area contributed by atoms with E-state index < -0.39 is 5.82 Å². The molecule has 0 aliphatic carbocycles. The number of rotatable bonds is 4. The first-order chi connectivity index (χ1) is 9.16. The number of hydrogen-bond acceptors (Lipinski definition) is 2. The second-order valence-corrected chi connectivity index (χ2v) is 4.35. The Morgan fingerprint density at radius 1 is 1.37 bits per heavy atom. The fourth-order valence-corrected chi connectivity index (χ4v) is 1.77. The molecule has 0 spiro atoms. The molecule has 0 fully saturated rings. The summed E-state index contributed by atoms with van der Waals surface area (Å²) in [5.74, 6) is -0.880.